The molecule has 0 aliphatic heterocycles. The maximum atomic E-state index is 10.4. The fraction of sp³-hybridized carbons (Fsp3) is 0. The van der Waals surface area contributed by atoms with Gasteiger partial charge in [0.1, 0.15) is 0 Å². The average molecular weight is 234 g/mol. The van der Waals surface area contributed by atoms with Crippen molar-refractivity contribution in [3.8, 4) is 0 Å². The summed E-state index contributed by atoms with van der Waals surface area (Å²) in [6, 6.07) is 13.4. The summed E-state index contributed by atoms with van der Waals surface area (Å²) in [4.78, 5) is 9.76. The van der Waals surface area contributed by atoms with Gasteiger partial charge in [0.15, 0.2) is 0 Å². The van der Waals surface area contributed by atoms with Gasteiger partial charge in [0, 0.05) is 6.08 Å². The molecule has 2 rings (SSSR count). The normalized spacial score (nSPS) is 11.7. The Morgan fingerprint density at radius 1 is 1.19 bits per heavy atom. The third kappa shape index (κ3) is 2.20. The summed E-state index contributed by atoms with van der Waals surface area (Å²) in [7, 11) is 0. The number of rotatable bonds is 2. The van der Waals surface area contributed by atoms with Crippen LogP contribution < -0.4 is 0 Å². The highest BCUT2D eigenvalue weighted by atomic mass is 35.5. The SMILES string of the molecule is O=[N+]([O-])C(Cl)=Cc1ccc2ccccc2c1. The molecule has 0 spiro atoms. The van der Waals surface area contributed by atoms with Crippen LogP contribution in [0.4, 0.5) is 0 Å². The molecule has 2 aromatic carbocycles. The van der Waals surface area contributed by atoms with Gasteiger partial charge in [-0.15, -0.1) is 0 Å². The Morgan fingerprint density at radius 2 is 1.88 bits per heavy atom. The van der Waals surface area contributed by atoms with E-state index in [1.807, 2.05) is 36.4 Å². The Bertz CT molecular complexity index is 578. The van der Waals surface area contributed by atoms with Crippen molar-refractivity contribution in [3.05, 3.63) is 63.3 Å². The predicted octanol–water partition coefficient (Wildman–Crippen LogP) is 3.65. The summed E-state index contributed by atoms with van der Waals surface area (Å²) in [5.74, 6) is 0. The fourth-order valence-electron chi connectivity index (χ4n) is 1.49. The molecule has 0 aromatic heterocycles. The molecule has 0 radical (unpaired) electrons. The number of nitrogens with zero attached hydrogens (tertiary/aromatic N) is 1. The molecule has 0 saturated heterocycles. The second kappa shape index (κ2) is 4.33. The van der Waals surface area contributed by atoms with Crippen LogP contribution in [0, 0.1) is 10.1 Å². The molecule has 0 fully saturated rings. The molecule has 0 saturated carbocycles. The van der Waals surface area contributed by atoms with Crippen molar-refractivity contribution in [2.24, 2.45) is 0 Å². The van der Waals surface area contributed by atoms with E-state index in [1.165, 1.54) is 6.08 Å². The van der Waals surface area contributed by atoms with E-state index in [9.17, 15) is 10.1 Å². The van der Waals surface area contributed by atoms with Crippen LogP contribution in [-0.2, 0) is 0 Å². The van der Waals surface area contributed by atoms with Gasteiger partial charge in [-0.05, 0) is 34.0 Å². The van der Waals surface area contributed by atoms with Crippen molar-refractivity contribution < 1.29 is 4.92 Å². The maximum absolute atomic E-state index is 10.4. The van der Waals surface area contributed by atoms with E-state index in [1.54, 1.807) is 6.07 Å². The second-order valence-electron chi connectivity index (χ2n) is 3.33. The highest BCUT2D eigenvalue weighted by Crippen LogP contribution is 2.18. The first-order chi connectivity index (χ1) is 7.66. The highest BCUT2D eigenvalue weighted by molar-refractivity contribution is 6.29. The third-order valence-electron chi connectivity index (χ3n) is 2.23. The summed E-state index contributed by atoms with van der Waals surface area (Å²) in [5.41, 5.74) is 0.723. The first kappa shape index (κ1) is 10.6. The molecular formula is C12H8ClNO2. The first-order valence-electron chi connectivity index (χ1n) is 4.67. The Labute approximate surface area is 97.1 Å². The molecule has 0 heterocycles. The summed E-state index contributed by atoms with van der Waals surface area (Å²) >= 11 is 5.46. The molecule has 0 atom stereocenters. The molecule has 80 valence electrons. The van der Waals surface area contributed by atoms with Gasteiger partial charge in [0.2, 0.25) is 0 Å². The average Bonchev–Trinajstić information content (AvgIpc) is 2.28. The monoisotopic (exact) mass is 233 g/mol. The molecule has 4 heteroatoms. The van der Waals surface area contributed by atoms with Crippen molar-refractivity contribution in [2.75, 3.05) is 0 Å². The van der Waals surface area contributed by atoms with Crippen LogP contribution in [0.3, 0.4) is 0 Å². The molecule has 2 aromatic rings. The minimum absolute atomic E-state index is 0.379. The second-order valence-corrected chi connectivity index (χ2v) is 3.72. The van der Waals surface area contributed by atoms with Gasteiger partial charge in [0.05, 0.1) is 4.92 Å². The van der Waals surface area contributed by atoms with Crippen molar-refractivity contribution in [3.63, 3.8) is 0 Å². The Hall–Kier alpha value is -1.87. The number of hydrogen-bond donors (Lipinski definition) is 0. The van der Waals surface area contributed by atoms with Crippen LogP contribution >= 0.6 is 11.6 Å². The van der Waals surface area contributed by atoms with E-state index in [0.717, 1.165) is 16.3 Å². The molecule has 0 aliphatic rings. The van der Waals surface area contributed by atoms with Gasteiger partial charge in [-0.1, -0.05) is 36.4 Å². The van der Waals surface area contributed by atoms with Crippen molar-refractivity contribution in [1.29, 1.82) is 0 Å². The van der Waals surface area contributed by atoms with Crippen molar-refractivity contribution in [2.45, 2.75) is 0 Å². The van der Waals surface area contributed by atoms with Crippen LogP contribution in [0.15, 0.2) is 47.6 Å². The Balaban J connectivity index is 2.47. The smallest absolute Gasteiger partial charge is 0.257 e. The largest absolute Gasteiger partial charge is 0.337 e. The summed E-state index contributed by atoms with van der Waals surface area (Å²) in [6.45, 7) is 0. The van der Waals surface area contributed by atoms with E-state index in [4.69, 9.17) is 11.6 Å². The third-order valence-corrected chi connectivity index (χ3v) is 2.48. The zero-order valence-corrected chi connectivity index (χ0v) is 9.02. The number of nitro groups is 1. The summed E-state index contributed by atoms with van der Waals surface area (Å²) in [5, 5.41) is 12.1. The molecule has 0 N–H and O–H groups in total. The van der Waals surface area contributed by atoms with Crippen LogP contribution in [0.25, 0.3) is 16.8 Å². The number of halogens is 1. The molecule has 0 aliphatic carbocycles. The lowest BCUT2D eigenvalue weighted by atomic mass is 10.1. The minimum atomic E-state index is -0.614. The van der Waals surface area contributed by atoms with Crippen LogP contribution in [-0.4, -0.2) is 4.92 Å². The quantitative estimate of drug-likeness (QED) is 0.451. The van der Waals surface area contributed by atoms with E-state index >= 15 is 0 Å². The molecular weight excluding hydrogens is 226 g/mol. The molecule has 3 nitrogen and oxygen atoms in total. The molecule has 0 bridgehead atoms. The van der Waals surface area contributed by atoms with Gasteiger partial charge in [0.25, 0.3) is 0 Å². The Kier molecular flexibility index (Phi) is 2.88. The standard InChI is InChI=1S/C12H8ClNO2/c13-12(14(15)16)8-9-5-6-10-3-1-2-4-11(10)7-9/h1-8H. The number of fused-ring (bicyclic) bond motifs is 1. The summed E-state index contributed by atoms with van der Waals surface area (Å²) < 4.78 is 0. The van der Waals surface area contributed by atoms with Gasteiger partial charge >= 0.3 is 5.16 Å². The van der Waals surface area contributed by atoms with E-state index in [2.05, 4.69) is 0 Å². The van der Waals surface area contributed by atoms with Gasteiger partial charge < -0.3 is 0 Å². The van der Waals surface area contributed by atoms with Crippen molar-refractivity contribution >= 4 is 28.4 Å². The molecule has 16 heavy (non-hydrogen) atoms. The van der Waals surface area contributed by atoms with Crippen LogP contribution in [0.1, 0.15) is 5.56 Å². The number of benzene rings is 2. The molecule has 0 amide bonds. The zero-order chi connectivity index (χ0) is 11.5. The lowest BCUT2D eigenvalue weighted by Crippen LogP contribution is -1.90. The fourth-order valence-corrected chi connectivity index (χ4v) is 1.61. The summed E-state index contributed by atoms with van der Waals surface area (Å²) in [6.07, 6.45) is 1.34. The van der Waals surface area contributed by atoms with E-state index < -0.39 is 4.92 Å². The van der Waals surface area contributed by atoms with Gasteiger partial charge in [-0.2, -0.15) is 0 Å². The number of hydrogen-bond acceptors (Lipinski definition) is 2. The van der Waals surface area contributed by atoms with Gasteiger partial charge in [-0.3, -0.25) is 10.1 Å². The highest BCUT2D eigenvalue weighted by Gasteiger charge is 2.05. The lowest BCUT2D eigenvalue weighted by Gasteiger charge is -1.98. The van der Waals surface area contributed by atoms with Crippen molar-refractivity contribution in [1.82, 2.24) is 0 Å². The molecule has 0 unspecified atom stereocenters. The lowest BCUT2D eigenvalue weighted by molar-refractivity contribution is -0.410. The maximum Gasteiger partial charge on any atom is 0.337 e. The topological polar surface area (TPSA) is 43.1 Å². The van der Waals surface area contributed by atoms with Gasteiger partial charge in [-0.25, -0.2) is 0 Å². The predicted molar refractivity (Wildman–Crippen MR) is 64.8 cm³/mol. The zero-order valence-electron chi connectivity index (χ0n) is 8.26. The van der Waals surface area contributed by atoms with E-state index in [0.29, 0.717) is 0 Å². The first-order valence-corrected chi connectivity index (χ1v) is 5.05. The Morgan fingerprint density at radius 3 is 2.56 bits per heavy atom. The van der Waals surface area contributed by atoms with Crippen LogP contribution in [0.5, 0.6) is 0 Å². The van der Waals surface area contributed by atoms with E-state index in [-0.39, 0.29) is 5.16 Å². The van der Waals surface area contributed by atoms with Crippen LogP contribution in [0.2, 0.25) is 0 Å². The minimum Gasteiger partial charge on any atom is -0.257 e.